The zero-order valence-electron chi connectivity index (χ0n) is 12.2. The van der Waals surface area contributed by atoms with Gasteiger partial charge in [0.2, 0.25) is 0 Å². The maximum absolute atomic E-state index is 11.4. The van der Waals surface area contributed by atoms with E-state index in [1.807, 2.05) is 54.6 Å². The van der Waals surface area contributed by atoms with Gasteiger partial charge in [-0.3, -0.25) is 0 Å². The van der Waals surface area contributed by atoms with Crippen molar-refractivity contribution in [2.45, 2.75) is 11.0 Å². The Hall–Kier alpha value is -1.94. The lowest BCUT2D eigenvalue weighted by Crippen LogP contribution is -2.00. The summed E-state index contributed by atoms with van der Waals surface area (Å²) in [5.41, 5.74) is 3.68. The van der Waals surface area contributed by atoms with E-state index in [1.54, 1.807) is 24.3 Å². The van der Waals surface area contributed by atoms with E-state index in [0.717, 1.165) is 16.7 Å². The Morgan fingerprint density at radius 1 is 0.783 bits per heavy atom. The highest BCUT2D eigenvalue weighted by molar-refractivity contribution is 8.08. The standard InChI is InChI=1S/C19H15ClO2S/c20-23(22)18-8-4-7-17(13-18)19(21)16-11-9-15(10-12-16)14-5-2-1-3-6-14/h1-13,19,21H. The lowest BCUT2D eigenvalue weighted by atomic mass is 9.98. The van der Waals surface area contributed by atoms with Crippen LogP contribution in [0.2, 0.25) is 0 Å². The van der Waals surface area contributed by atoms with Crippen molar-refractivity contribution in [1.29, 1.82) is 0 Å². The van der Waals surface area contributed by atoms with E-state index >= 15 is 0 Å². The number of hydrogen-bond donors (Lipinski definition) is 1. The maximum atomic E-state index is 11.4. The van der Waals surface area contributed by atoms with Crippen molar-refractivity contribution >= 4 is 20.7 Å². The number of hydrogen-bond acceptors (Lipinski definition) is 2. The summed E-state index contributed by atoms with van der Waals surface area (Å²) in [6.45, 7) is 0. The molecule has 23 heavy (non-hydrogen) atoms. The van der Waals surface area contributed by atoms with Crippen molar-refractivity contribution < 1.29 is 9.32 Å². The molecule has 0 bridgehead atoms. The third-order valence-corrected chi connectivity index (χ3v) is 4.85. The van der Waals surface area contributed by atoms with E-state index in [1.165, 1.54) is 0 Å². The Kier molecular flexibility index (Phi) is 4.91. The van der Waals surface area contributed by atoms with Gasteiger partial charge in [0, 0.05) is 0 Å². The van der Waals surface area contributed by atoms with Crippen LogP contribution < -0.4 is 0 Å². The van der Waals surface area contributed by atoms with Crippen LogP contribution in [0.15, 0.2) is 83.8 Å². The summed E-state index contributed by atoms with van der Waals surface area (Å²) >= 11 is 0. The van der Waals surface area contributed by atoms with E-state index in [-0.39, 0.29) is 0 Å². The molecule has 0 aliphatic rings. The first kappa shape index (κ1) is 15.9. The summed E-state index contributed by atoms with van der Waals surface area (Å²) in [6, 6.07) is 24.7. The summed E-state index contributed by atoms with van der Waals surface area (Å²) in [4.78, 5) is 0.490. The molecule has 0 saturated carbocycles. The van der Waals surface area contributed by atoms with Crippen LogP contribution in [-0.2, 0) is 10.0 Å². The Balaban J connectivity index is 1.87. The van der Waals surface area contributed by atoms with E-state index < -0.39 is 16.1 Å². The molecule has 0 aliphatic carbocycles. The SMILES string of the molecule is O=S(Cl)c1cccc(C(O)c2ccc(-c3ccccc3)cc2)c1. The van der Waals surface area contributed by atoms with Gasteiger partial charge in [-0.05, 0) is 45.1 Å². The molecule has 2 nitrogen and oxygen atoms in total. The smallest absolute Gasteiger partial charge is 0.147 e. The molecule has 3 rings (SSSR count). The van der Waals surface area contributed by atoms with Crippen molar-refractivity contribution in [3.8, 4) is 11.1 Å². The van der Waals surface area contributed by atoms with Crippen LogP contribution in [0.25, 0.3) is 11.1 Å². The molecule has 3 aromatic rings. The molecule has 0 radical (unpaired) electrons. The van der Waals surface area contributed by atoms with Gasteiger partial charge in [0.25, 0.3) is 0 Å². The van der Waals surface area contributed by atoms with E-state index in [0.29, 0.717) is 10.5 Å². The van der Waals surface area contributed by atoms with Crippen LogP contribution >= 0.6 is 10.7 Å². The second kappa shape index (κ2) is 7.09. The Morgan fingerprint density at radius 3 is 2.09 bits per heavy atom. The highest BCUT2D eigenvalue weighted by Gasteiger charge is 2.12. The summed E-state index contributed by atoms with van der Waals surface area (Å²) < 4.78 is 11.4. The van der Waals surface area contributed by atoms with Crippen molar-refractivity contribution in [3.63, 3.8) is 0 Å². The molecule has 0 saturated heterocycles. The van der Waals surface area contributed by atoms with Crippen molar-refractivity contribution in [3.05, 3.63) is 90.0 Å². The van der Waals surface area contributed by atoms with Crippen LogP contribution in [0.5, 0.6) is 0 Å². The predicted molar refractivity (Wildman–Crippen MR) is 94.6 cm³/mol. The fourth-order valence-electron chi connectivity index (χ4n) is 2.47. The highest BCUT2D eigenvalue weighted by Crippen LogP contribution is 2.27. The molecule has 0 amide bonds. The van der Waals surface area contributed by atoms with E-state index in [4.69, 9.17) is 10.7 Å². The molecule has 0 spiro atoms. The van der Waals surface area contributed by atoms with Crippen molar-refractivity contribution in [2.24, 2.45) is 0 Å². The van der Waals surface area contributed by atoms with Gasteiger partial charge >= 0.3 is 0 Å². The lowest BCUT2D eigenvalue weighted by Gasteiger charge is -2.13. The van der Waals surface area contributed by atoms with Gasteiger partial charge in [-0.25, -0.2) is 4.21 Å². The quantitative estimate of drug-likeness (QED) is 0.698. The van der Waals surface area contributed by atoms with Gasteiger partial charge < -0.3 is 5.11 Å². The molecule has 0 heterocycles. The second-order valence-electron chi connectivity index (χ2n) is 5.19. The largest absolute Gasteiger partial charge is 0.384 e. The highest BCUT2D eigenvalue weighted by atomic mass is 35.7. The van der Waals surface area contributed by atoms with Crippen molar-refractivity contribution in [2.75, 3.05) is 0 Å². The Bertz CT molecular complexity index is 816. The third kappa shape index (κ3) is 3.70. The normalized spacial score (nSPS) is 13.5. The minimum absolute atomic E-state index is 0.490. The van der Waals surface area contributed by atoms with Crippen LogP contribution in [0, 0.1) is 0 Å². The van der Waals surface area contributed by atoms with E-state index in [2.05, 4.69) is 0 Å². The third-order valence-electron chi connectivity index (χ3n) is 3.69. The summed E-state index contributed by atoms with van der Waals surface area (Å²) in [5.74, 6) is 0. The number of rotatable bonds is 4. The molecule has 1 N–H and O–H groups in total. The van der Waals surface area contributed by atoms with Gasteiger partial charge in [0.1, 0.15) is 16.1 Å². The summed E-state index contributed by atoms with van der Waals surface area (Å²) in [5, 5.41) is 10.5. The van der Waals surface area contributed by atoms with Gasteiger partial charge in [0.05, 0.1) is 4.90 Å². The maximum Gasteiger partial charge on any atom is 0.147 e. The molecule has 116 valence electrons. The number of aliphatic hydroxyl groups excluding tert-OH is 1. The first-order valence-corrected chi connectivity index (χ1v) is 9.14. The second-order valence-corrected chi connectivity index (χ2v) is 6.95. The molecule has 0 fully saturated rings. The van der Waals surface area contributed by atoms with Crippen LogP contribution in [-0.4, -0.2) is 9.32 Å². The van der Waals surface area contributed by atoms with Gasteiger partial charge in [-0.2, -0.15) is 0 Å². The topological polar surface area (TPSA) is 37.3 Å². The average Bonchev–Trinajstić information content (AvgIpc) is 2.62. The molecular weight excluding hydrogens is 328 g/mol. The Labute approximate surface area is 142 Å². The molecule has 0 aliphatic heterocycles. The first-order chi connectivity index (χ1) is 11.1. The number of aliphatic hydroxyl groups is 1. The lowest BCUT2D eigenvalue weighted by molar-refractivity contribution is 0.220. The zero-order valence-corrected chi connectivity index (χ0v) is 13.8. The predicted octanol–water partition coefficient (Wildman–Crippen LogP) is 4.70. The van der Waals surface area contributed by atoms with E-state index in [9.17, 15) is 9.32 Å². The molecule has 0 aromatic heterocycles. The molecule has 2 unspecified atom stereocenters. The van der Waals surface area contributed by atoms with Crippen LogP contribution in [0.4, 0.5) is 0 Å². The Morgan fingerprint density at radius 2 is 1.43 bits per heavy atom. The summed E-state index contributed by atoms with van der Waals surface area (Å²) in [7, 11) is 4.03. The molecule has 2 atom stereocenters. The van der Waals surface area contributed by atoms with Crippen LogP contribution in [0.3, 0.4) is 0 Å². The minimum atomic E-state index is -1.58. The average molecular weight is 343 g/mol. The fourth-order valence-corrected chi connectivity index (χ4v) is 3.17. The zero-order chi connectivity index (χ0) is 16.2. The minimum Gasteiger partial charge on any atom is -0.384 e. The first-order valence-electron chi connectivity index (χ1n) is 7.16. The monoisotopic (exact) mass is 342 g/mol. The van der Waals surface area contributed by atoms with Crippen molar-refractivity contribution in [1.82, 2.24) is 0 Å². The van der Waals surface area contributed by atoms with Gasteiger partial charge in [0.15, 0.2) is 0 Å². The number of halogens is 1. The molecule has 3 aromatic carbocycles. The fraction of sp³-hybridized carbons (Fsp3) is 0.0526. The number of benzene rings is 3. The summed E-state index contributed by atoms with van der Waals surface area (Å²) in [6.07, 6.45) is -0.778. The van der Waals surface area contributed by atoms with Gasteiger partial charge in [-0.1, -0.05) is 66.7 Å². The molecule has 4 heteroatoms. The van der Waals surface area contributed by atoms with Gasteiger partial charge in [-0.15, -0.1) is 0 Å². The van der Waals surface area contributed by atoms with Crippen LogP contribution in [0.1, 0.15) is 17.2 Å². The molecular formula is C19H15ClO2S.